The zero-order chi connectivity index (χ0) is 29.2. The Morgan fingerprint density at radius 2 is 1.69 bits per heavy atom. The number of carbonyl (C=O) groups is 1. The number of benzene rings is 3. The van der Waals surface area contributed by atoms with E-state index in [0.717, 1.165) is 28.1 Å². The summed E-state index contributed by atoms with van der Waals surface area (Å²) in [5.41, 5.74) is 4.74. The third-order valence-electron chi connectivity index (χ3n) is 7.05. The Morgan fingerprint density at radius 3 is 2.36 bits per heavy atom. The van der Waals surface area contributed by atoms with E-state index in [-0.39, 0.29) is 12.2 Å². The molecule has 1 aliphatic rings. The molecule has 0 unspecified atom stereocenters. The number of hydrogen-bond acceptors (Lipinski definition) is 7. The van der Waals surface area contributed by atoms with Gasteiger partial charge in [0, 0.05) is 17.3 Å². The molecule has 0 saturated heterocycles. The van der Waals surface area contributed by atoms with Crippen LogP contribution in [0.25, 0.3) is 23.0 Å². The molecule has 0 aliphatic carbocycles. The molecule has 1 aliphatic heterocycles. The standard InChI is InChI=1S/C33H28N4O4S/c1-4-41-32(39)28-21(2)34-33-37(30(28)23-15-17-26(40-3)18-16-23)31(38)27(42-33)19-24-20-36(25-13-9-6-10-14-25)35-29(24)22-11-7-5-8-12-22/h5-20,30H,4H2,1-3H3/b27-19+/t30-/m0/s1. The predicted molar refractivity (Wildman–Crippen MR) is 162 cm³/mol. The average molecular weight is 577 g/mol. The molecule has 2 aromatic heterocycles. The molecule has 6 rings (SSSR count). The van der Waals surface area contributed by atoms with E-state index in [1.54, 1.807) is 25.5 Å². The lowest BCUT2D eigenvalue weighted by atomic mass is 9.96. The summed E-state index contributed by atoms with van der Waals surface area (Å²) >= 11 is 1.28. The molecule has 1 atom stereocenters. The molecule has 8 nitrogen and oxygen atoms in total. The summed E-state index contributed by atoms with van der Waals surface area (Å²) in [7, 11) is 1.59. The summed E-state index contributed by atoms with van der Waals surface area (Å²) < 4.78 is 14.6. The number of allylic oxidation sites excluding steroid dienone is 1. The monoisotopic (exact) mass is 576 g/mol. The first-order valence-electron chi connectivity index (χ1n) is 13.5. The van der Waals surface area contributed by atoms with Crippen molar-refractivity contribution < 1.29 is 14.3 Å². The summed E-state index contributed by atoms with van der Waals surface area (Å²) in [6, 6.07) is 26.3. The van der Waals surface area contributed by atoms with Gasteiger partial charge in [-0.1, -0.05) is 72.0 Å². The van der Waals surface area contributed by atoms with E-state index >= 15 is 0 Å². The number of aromatic nitrogens is 3. The summed E-state index contributed by atoms with van der Waals surface area (Å²) in [4.78, 5) is 32.5. The summed E-state index contributed by atoms with van der Waals surface area (Å²) in [5, 5.41) is 4.88. The van der Waals surface area contributed by atoms with Gasteiger partial charge in [-0.2, -0.15) is 5.10 Å². The van der Waals surface area contributed by atoms with Crippen LogP contribution in [0.15, 0.2) is 112 Å². The van der Waals surface area contributed by atoms with Gasteiger partial charge in [-0.25, -0.2) is 14.5 Å². The van der Waals surface area contributed by atoms with Crippen LogP contribution in [0, 0.1) is 0 Å². The van der Waals surface area contributed by atoms with Crippen molar-refractivity contribution in [3.05, 3.63) is 133 Å². The predicted octanol–water partition coefficient (Wildman–Crippen LogP) is 4.66. The fourth-order valence-electron chi connectivity index (χ4n) is 5.06. The Kier molecular flexibility index (Phi) is 7.41. The zero-order valence-electron chi connectivity index (χ0n) is 23.4. The van der Waals surface area contributed by atoms with E-state index in [2.05, 4.69) is 0 Å². The molecule has 0 saturated carbocycles. The van der Waals surface area contributed by atoms with Crippen molar-refractivity contribution in [2.45, 2.75) is 19.9 Å². The van der Waals surface area contributed by atoms with Gasteiger partial charge >= 0.3 is 5.97 Å². The maximum atomic E-state index is 14.1. The summed E-state index contributed by atoms with van der Waals surface area (Å²) in [6.07, 6.45) is 3.78. The highest BCUT2D eigenvalue weighted by molar-refractivity contribution is 7.07. The molecule has 9 heteroatoms. The average Bonchev–Trinajstić information content (AvgIpc) is 3.58. The van der Waals surface area contributed by atoms with Crippen molar-refractivity contribution in [3.63, 3.8) is 0 Å². The van der Waals surface area contributed by atoms with Crippen molar-refractivity contribution in [1.82, 2.24) is 14.3 Å². The van der Waals surface area contributed by atoms with Crippen molar-refractivity contribution >= 4 is 23.4 Å². The van der Waals surface area contributed by atoms with E-state index < -0.39 is 12.0 Å². The van der Waals surface area contributed by atoms with Gasteiger partial charge in [-0.15, -0.1) is 0 Å². The quantitative estimate of drug-likeness (QED) is 0.263. The lowest BCUT2D eigenvalue weighted by molar-refractivity contribution is -0.139. The Bertz CT molecular complexity index is 1970. The van der Waals surface area contributed by atoms with Crippen LogP contribution >= 0.6 is 11.3 Å². The summed E-state index contributed by atoms with van der Waals surface area (Å²) in [5.74, 6) is 0.178. The minimum Gasteiger partial charge on any atom is -0.497 e. The van der Waals surface area contributed by atoms with Gasteiger partial charge in [0.15, 0.2) is 4.80 Å². The number of methoxy groups -OCH3 is 1. The van der Waals surface area contributed by atoms with Crippen LogP contribution in [0.4, 0.5) is 0 Å². The molecule has 0 bridgehead atoms. The normalized spacial score (nSPS) is 14.8. The number of fused-ring (bicyclic) bond motifs is 1. The van der Waals surface area contributed by atoms with Gasteiger partial charge in [0.05, 0.1) is 46.9 Å². The largest absolute Gasteiger partial charge is 0.497 e. The van der Waals surface area contributed by atoms with Gasteiger partial charge in [0.1, 0.15) is 5.75 Å². The van der Waals surface area contributed by atoms with Crippen molar-refractivity contribution in [2.75, 3.05) is 13.7 Å². The molecule has 5 aromatic rings. The van der Waals surface area contributed by atoms with E-state index in [1.165, 1.54) is 11.3 Å². The van der Waals surface area contributed by atoms with Crippen LogP contribution < -0.4 is 19.6 Å². The highest BCUT2D eigenvalue weighted by Gasteiger charge is 2.33. The topological polar surface area (TPSA) is 87.7 Å². The molecule has 0 spiro atoms. The number of rotatable bonds is 7. The number of ether oxygens (including phenoxy) is 2. The molecular formula is C33H28N4O4S. The van der Waals surface area contributed by atoms with E-state index in [4.69, 9.17) is 19.6 Å². The van der Waals surface area contributed by atoms with Crippen LogP contribution in [0.5, 0.6) is 5.75 Å². The maximum Gasteiger partial charge on any atom is 0.338 e. The van der Waals surface area contributed by atoms with E-state index in [1.807, 2.05) is 102 Å². The zero-order valence-corrected chi connectivity index (χ0v) is 24.2. The smallest absolute Gasteiger partial charge is 0.338 e. The van der Waals surface area contributed by atoms with E-state index in [9.17, 15) is 9.59 Å². The lowest BCUT2D eigenvalue weighted by Gasteiger charge is -2.24. The minimum atomic E-state index is -0.700. The fourth-order valence-corrected chi connectivity index (χ4v) is 6.10. The van der Waals surface area contributed by atoms with Gasteiger partial charge in [-0.3, -0.25) is 9.36 Å². The third-order valence-corrected chi connectivity index (χ3v) is 8.03. The van der Waals surface area contributed by atoms with Crippen LogP contribution in [-0.4, -0.2) is 34.0 Å². The molecule has 42 heavy (non-hydrogen) atoms. The van der Waals surface area contributed by atoms with Gasteiger partial charge < -0.3 is 9.47 Å². The van der Waals surface area contributed by atoms with Crippen molar-refractivity contribution in [1.29, 1.82) is 0 Å². The fraction of sp³-hybridized carbons (Fsp3) is 0.152. The Balaban J connectivity index is 1.55. The second-order valence-corrected chi connectivity index (χ2v) is 10.7. The second kappa shape index (κ2) is 11.5. The van der Waals surface area contributed by atoms with Crippen LogP contribution in [0.3, 0.4) is 0 Å². The molecule has 0 fully saturated rings. The number of esters is 1. The van der Waals surface area contributed by atoms with Gasteiger partial charge in [0.2, 0.25) is 0 Å². The molecule has 0 radical (unpaired) electrons. The van der Waals surface area contributed by atoms with Crippen LogP contribution in [0.1, 0.15) is 31.0 Å². The highest BCUT2D eigenvalue weighted by Crippen LogP contribution is 2.32. The summed E-state index contributed by atoms with van der Waals surface area (Å²) in [6.45, 7) is 3.74. The SMILES string of the molecule is CCOC(=O)C1=C(C)N=c2s/c(=C/c3cn(-c4ccccc4)nc3-c3ccccc3)c(=O)n2[C@H]1c1ccc(OC)cc1. The third kappa shape index (κ3) is 4.99. The number of thiazole rings is 1. The van der Waals surface area contributed by atoms with Crippen LogP contribution in [-0.2, 0) is 9.53 Å². The number of nitrogens with zero attached hydrogens (tertiary/aromatic N) is 4. The lowest BCUT2D eigenvalue weighted by Crippen LogP contribution is -2.39. The number of hydrogen-bond donors (Lipinski definition) is 0. The minimum absolute atomic E-state index is 0.211. The molecule has 3 aromatic carbocycles. The molecule has 210 valence electrons. The molecular weight excluding hydrogens is 548 g/mol. The van der Waals surface area contributed by atoms with E-state index in [0.29, 0.717) is 26.4 Å². The van der Waals surface area contributed by atoms with Crippen LogP contribution in [0.2, 0.25) is 0 Å². The first-order valence-corrected chi connectivity index (χ1v) is 14.3. The van der Waals surface area contributed by atoms with Crippen molar-refractivity contribution in [2.24, 2.45) is 4.99 Å². The first-order chi connectivity index (χ1) is 20.5. The highest BCUT2D eigenvalue weighted by atomic mass is 32.1. The number of para-hydroxylation sites is 1. The molecule has 3 heterocycles. The molecule has 0 amide bonds. The first kappa shape index (κ1) is 27.2. The Labute approximate surface area is 246 Å². The van der Waals surface area contributed by atoms with Crippen molar-refractivity contribution in [3.8, 4) is 22.7 Å². The van der Waals surface area contributed by atoms with Gasteiger partial charge in [0.25, 0.3) is 5.56 Å². The Hall–Kier alpha value is -5.02. The maximum absolute atomic E-state index is 14.1. The molecule has 0 N–H and O–H groups in total. The Morgan fingerprint density at radius 1 is 1.00 bits per heavy atom. The van der Waals surface area contributed by atoms with Gasteiger partial charge in [-0.05, 0) is 49.8 Å². The number of carbonyl (C=O) groups excluding carboxylic acids is 1. The second-order valence-electron chi connectivity index (χ2n) is 9.65.